The van der Waals surface area contributed by atoms with E-state index in [4.69, 9.17) is 5.21 Å². The molecule has 0 aromatic rings. The predicted molar refractivity (Wildman–Crippen MR) is 43.0 cm³/mol. The van der Waals surface area contributed by atoms with Crippen molar-refractivity contribution in [2.24, 2.45) is 11.1 Å². The van der Waals surface area contributed by atoms with E-state index in [0.717, 1.165) is 24.5 Å². The van der Waals surface area contributed by atoms with Crippen molar-refractivity contribution in [2.45, 2.75) is 25.3 Å². The highest BCUT2D eigenvalue weighted by Crippen LogP contribution is 2.32. The molecular formula is C8H14N2O. The van der Waals surface area contributed by atoms with Gasteiger partial charge in [0.15, 0.2) is 0 Å². The third-order valence-electron chi connectivity index (χ3n) is 2.91. The quantitative estimate of drug-likeness (QED) is 0.416. The third-order valence-corrected chi connectivity index (χ3v) is 2.91. The van der Waals surface area contributed by atoms with Crippen molar-refractivity contribution in [2.75, 3.05) is 13.6 Å². The molecule has 3 nitrogen and oxygen atoms in total. The Bertz CT molecular complexity index is 189. The molecule has 1 N–H and O–H groups in total. The maximum absolute atomic E-state index is 8.61. The van der Waals surface area contributed by atoms with Gasteiger partial charge in [0.2, 0.25) is 0 Å². The van der Waals surface area contributed by atoms with E-state index in [9.17, 15) is 0 Å². The van der Waals surface area contributed by atoms with Crippen LogP contribution in [0.25, 0.3) is 0 Å². The van der Waals surface area contributed by atoms with Gasteiger partial charge in [-0.2, -0.15) is 0 Å². The summed E-state index contributed by atoms with van der Waals surface area (Å²) >= 11 is 0. The highest BCUT2D eigenvalue weighted by Gasteiger charge is 2.35. The van der Waals surface area contributed by atoms with E-state index in [1.807, 2.05) is 0 Å². The Morgan fingerprint density at radius 2 is 2.36 bits per heavy atom. The van der Waals surface area contributed by atoms with Crippen LogP contribution in [0.2, 0.25) is 0 Å². The second-order valence-electron chi connectivity index (χ2n) is 3.77. The van der Waals surface area contributed by atoms with Crippen LogP contribution in [0.4, 0.5) is 0 Å². The standard InChI is InChI=1S/C8H14N2O/c1-10-5-6-2-7(9-11)4-8(10)3-6/h6,8,11H,2-5H2,1H3/b9-7+. The van der Waals surface area contributed by atoms with Crippen LogP contribution < -0.4 is 0 Å². The highest BCUT2D eigenvalue weighted by molar-refractivity contribution is 5.85. The van der Waals surface area contributed by atoms with Crippen LogP contribution in [0.3, 0.4) is 0 Å². The SMILES string of the molecule is CN1CC2C/C(=N\O)CC1C2. The summed E-state index contributed by atoms with van der Waals surface area (Å²) in [5, 5.41) is 11.9. The van der Waals surface area contributed by atoms with Gasteiger partial charge in [-0.25, -0.2) is 0 Å². The number of hydrogen-bond acceptors (Lipinski definition) is 3. The van der Waals surface area contributed by atoms with E-state index >= 15 is 0 Å². The molecule has 1 heterocycles. The van der Waals surface area contributed by atoms with E-state index in [1.165, 1.54) is 13.0 Å². The van der Waals surface area contributed by atoms with Gasteiger partial charge in [-0.1, -0.05) is 5.16 Å². The maximum atomic E-state index is 8.61. The van der Waals surface area contributed by atoms with Crippen molar-refractivity contribution in [1.29, 1.82) is 0 Å². The van der Waals surface area contributed by atoms with Crippen LogP contribution in [0, 0.1) is 5.92 Å². The van der Waals surface area contributed by atoms with Gasteiger partial charge in [-0.05, 0) is 25.8 Å². The average Bonchev–Trinajstić information content (AvgIpc) is 2.26. The summed E-state index contributed by atoms with van der Waals surface area (Å²) in [5.41, 5.74) is 0.996. The molecule has 0 amide bonds. The summed E-state index contributed by atoms with van der Waals surface area (Å²) in [4.78, 5) is 2.38. The van der Waals surface area contributed by atoms with E-state index in [2.05, 4.69) is 17.1 Å². The lowest BCUT2D eigenvalue weighted by atomic mass is 9.89. The first-order valence-corrected chi connectivity index (χ1v) is 4.19. The summed E-state index contributed by atoms with van der Waals surface area (Å²) in [6.07, 6.45) is 3.29. The van der Waals surface area contributed by atoms with Gasteiger partial charge in [0.25, 0.3) is 0 Å². The Morgan fingerprint density at radius 1 is 1.55 bits per heavy atom. The molecule has 0 radical (unpaired) electrons. The number of likely N-dealkylation sites (tertiary alicyclic amines) is 1. The van der Waals surface area contributed by atoms with Crippen LogP contribution in [0.15, 0.2) is 5.16 Å². The first kappa shape index (κ1) is 7.10. The lowest BCUT2D eigenvalue weighted by Gasteiger charge is -2.20. The van der Waals surface area contributed by atoms with Gasteiger partial charge in [-0.3, -0.25) is 0 Å². The summed E-state index contributed by atoms with van der Waals surface area (Å²) in [6, 6.07) is 0.652. The maximum Gasteiger partial charge on any atom is 0.0589 e. The van der Waals surface area contributed by atoms with Crippen molar-refractivity contribution in [1.82, 2.24) is 4.90 Å². The van der Waals surface area contributed by atoms with Gasteiger partial charge < -0.3 is 10.1 Å². The van der Waals surface area contributed by atoms with Crippen LogP contribution in [-0.2, 0) is 0 Å². The normalized spacial score (nSPS) is 41.7. The van der Waals surface area contributed by atoms with Gasteiger partial charge in [0.1, 0.15) is 0 Å². The Morgan fingerprint density at radius 3 is 3.00 bits per heavy atom. The Labute approximate surface area is 66.7 Å². The molecule has 2 bridgehead atoms. The molecule has 1 saturated carbocycles. The van der Waals surface area contributed by atoms with Crippen LogP contribution in [0.5, 0.6) is 0 Å². The Balaban J connectivity index is 2.12. The van der Waals surface area contributed by atoms with E-state index < -0.39 is 0 Å². The molecule has 11 heavy (non-hydrogen) atoms. The van der Waals surface area contributed by atoms with Crippen LogP contribution in [0.1, 0.15) is 19.3 Å². The van der Waals surface area contributed by atoms with E-state index in [0.29, 0.717) is 6.04 Å². The molecule has 1 saturated heterocycles. The molecule has 1 aliphatic carbocycles. The molecule has 2 rings (SSSR count). The minimum atomic E-state index is 0.652. The predicted octanol–water partition coefficient (Wildman–Crippen LogP) is 0.931. The third kappa shape index (κ3) is 1.13. The number of fused-ring (bicyclic) bond motifs is 2. The zero-order chi connectivity index (χ0) is 7.84. The highest BCUT2D eigenvalue weighted by atomic mass is 16.4. The van der Waals surface area contributed by atoms with Crippen molar-refractivity contribution in [3.05, 3.63) is 0 Å². The lowest BCUT2D eigenvalue weighted by molar-refractivity contribution is 0.301. The molecule has 2 aliphatic rings. The fourth-order valence-corrected chi connectivity index (χ4v) is 2.35. The molecule has 2 unspecified atom stereocenters. The molecule has 62 valence electrons. The molecule has 1 aliphatic heterocycles. The van der Waals surface area contributed by atoms with Crippen molar-refractivity contribution >= 4 is 5.71 Å². The largest absolute Gasteiger partial charge is 0.411 e. The first-order valence-electron chi connectivity index (χ1n) is 4.19. The number of nitrogens with zero attached hydrogens (tertiary/aromatic N) is 2. The molecular weight excluding hydrogens is 140 g/mol. The summed E-state index contributed by atoms with van der Waals surface area (Å²) < 4.78 is 0. The fourth-order valence-electron chi connectivity index (χ4n) is 2.35. The second-order valence-corrected chi connectivity index (χ2v) is 3.77. The zero-order valence-corrected chi connectivity index (χ0v) is 6.82. The summed E-state index contributed by atoms with van der Waals surface area (Å²) in [7, 11) is 2.16. The molecule has 2 fully saturated rings. The minimum absolute atomic E-state index is 0.652. The number of hydrogen-bond donors (Lipinski definition) is 1. The molecule has 0 spiro atoms. The van der Waals surface area contributed by atoms with E-state index in [1.54, 1.807) is 0 Å². The molecule has 0 aromatic heterocycles. The summed E-state index contributed by atoms with van der Waals surface area (Å²) in [6.45, 7) is 1.18. The second kappa shape index (κ2) is 2.48. The van der Waals surface area contributed by atoms with Gasteiger partial charge in [-0.15, -0.1) is 0 Å². The topological polar surface area (TPSA) is 35.8 Å². The lowest BCUT2D eigenvalue weighted by Crippen LogP contribution is -2.27. The monoisotopic (exact) mass is 154 g/mol. The average molecular weight is 154 g/mol. The molecule has 3 heteroatoms. The van der Waals surface area contributed by atoms with Crippen LogP contribution >= 0.6 is 0 Å². The Kier molecular flexibility index (Phi) is 1.60. The zero-order valence-electron chi connectivity index (χ0n) is 6.82. The number of rotatable bonds is 0. The summed E-state index contributed by atoms with van der Waals surface area (Å²) in [5.74, 6) is 0.754. The Hall–Kier alpha value is -0.570. The molecule has 2 atom stereocenters. The van der Waals surface area contributed by atoms with Crippen LogP contribution in [-0.4, -0.2) is 35.5 Å². The van der Waals surface area contributed by atoms with Crippen molar-refractivity contribution in [3.8, 4) is 0 Å². The fraction of sp³-hybridized carbons (Fsp3) is 0.875. The van der Waals surface area contributed by atoms with Gasteiger partial charge >= 0.3 is 0 Å². The minimum Gasteiger partial charge on any atom is -0.411 e. The van der Waals surface area contributed by atoms with Crippen molar-refractivity contribution in [3.63, 3.8) is 0 Å². The molecule has 0 aromatic carbocycles. The van der Waals surface area contributed by atoms with Gasteiger partial charge in [0.05, 0.1) is 5.71 Å². The smallest absolute Gasteiger partial charge is 0.0589 e. The van der Waals surface area contributed by atoms with E-state index in [-0.39, 0.29) is 0 Å². The van der Waals surface area contributed by atoms with Crippen molar-refractivity contribution < 1.29 is 5.21 Å². The first-order chi connectivity index (χ1) is 5.29. The number of oxime groups is 1. The van der Waals surface area contributed by atoms with Gasteiger partial charge in [0, 0.05) is 19.0 Å².